The average molecular weight is 338 g/mol. The Balaban J connectivity index is 0.00000192. The van der Waals surface area contributed by atoms with Crippen LogP contribution >= 0.6 is 12.4 Å². The van der Waals surface area contributed by atoms with Crippen LogP contribution in [0, 0.1) is 0 Å². The Kier molecular flexibility index (Phi) is 6.45. The number of hydrogen-bond acceptors (Lipinski definition) is 3. The van der Waals surface area contributed by atoms with Crippen molar-refractivity contribution in [3.63, 3.8) is 0 Å². The standard InChI is InChI=1S/C18H27N3O.ClH/c1-14-7-5-6-10-21(14)18(22)13-20-11-16(17(19)12-20)15-8-3-2-4-9-15;/h2-4,8-9,14,16-17H,5-7,10-13,19H2,1H3;1H/t14?,16-,17+;/m0./s1. The fourth-order valence-electron chi connectivity index (χ4n) is 3.85. The smallest absolute Gasteiger partial charge is 0.236 e. The zero-order chi connectivity index (χ0) is 15.5. The zero-order valence-electron chi connectivity index (χ0n) is 13.9. The molecule has 2 fully saturated rings. The number of nitrogens with zero attached hydrogens (tertiary/aromatic N) is 2. The lowest BCUT2D eigenvalue weighted by Crippen LogP contribution is -2.46. The van der Waals surface area contributed by atoms with E-state index in [1.54, 1.807) is 0 Å². The highest BCUT2D eigenvalue weighted by atomic mass is 35.5. The van der Waals surface area contributed by atoms with Gasteiger partial charge in [-0.05, 0) is 31.7 Å². The minimum atomic E-state index is 0. The second-order valence-corrected chi connectivity index (χ2v) is 6.81. The Morgan fingerprint density at radius 2 is 1.96 bits per heavy atom. The summed E-state index contributed by atoms with van der Waals surface area (Å²) in [6.07, 6.45) is 3.52. The quantitative estimate of drug-likeness (QED) is 0.920. The molecule has 1 aromatic carbocycles. The molecule has 0 bridgehead atoms. The van der Waals surface area contributed by atoms with Gasteiger partial charge in [-0.1, -0.05) is 30.3 Å². The van der Waals surface area contributed by atoms with Gasteiger partial charge in [-0.3, -0.25) is 9.69 Å². The number of halogens is 1. The highest BCUT2D eigenvalue weighted by Gasteiger charge is 2.33. The lowest BCUT2D eigenvalue weighted by Gasteiger charge is -2.34. The summed E-state index contributed by atoms with van der Waals surface area (Å²) >= 11 is 0. The molecule has 1 aromatic rings. The zero-order valence-corrected chi connectivity index (χ0v) is 14.7. The summed E-state index contributed by atoms with van der Waals surface area (Å²) in [5.41, 5.74) is 7.60. The largest absolute Gasteiger partial charge is 0.339 e. The van der Waals surface area contributed by atoms with E-state index in [1.807, 2.05) is 6.07 Å². The molecule has 2 heterocycles. The Bertz CT molecular complexity index is 510. The number of nitrogens with two attached hydrogens (primary N) is 1. The van der Waals surface area contributed by atoms with Gasteiger partial charge >= 0.3 is 0 Å². The molecule has 3 rings (SSSR count). The van der Waals surface area contributed by atoms with E-state index in [0.717, 1.165) is 32.5 Å². The maximum Gasteiger partial charge on any atom is 0.236 e. The minimum Gasteiger partial charge on any atom is -0.339 e. The molecule has 4 nitrogen and oxygen atoms in total. The van der Waals surface area contributed by atoms with Crippen molar-refractivity contribution in [1.29, 1.82) is 0 Å². The minimum absolute atomic E-state index is 0. The Hall–Kier alpha value is -1.10. The molecule has 2 N–H and O–H groups in total. The van der Waals surface area contributed by atoms with Gasteiger partial charge in [-0.25, -0.2) is 0 Å². The van der Waals surface area contributed by atoms with Crippen LogP contribution in [0.3, 0.4) is 0 Å². The van der Waals surface area contributed by atoms with E-state index in [2.05, 4.69) is 41.0 Å². The van der Waals surface area contributed by atoms with Crippen LogP contribution in [0.25, 0.3) is 0 Å². The Morgan fingerprint density at radius 1 is 1.22 bits per heavy atom. The van der Waals surface area contributed by atoms with Crippen LogP contribution in [0.5, 0.6) is 0 Å². The van der Waals surface area contributed by atoms with E-state index in [0.29, 0.717) is 18.5 Å². The first kappa shape index (κ1) is 18.2. The van der Waals surface area contributed by atoms with E-state index in [1.165, 1.54) is 12.0 Å². The number of carbonyl (C=O) groups is 1. The number of amides is 1. The molecular formula is C18H28ClN3O. The normalized spacial score (nSPS) is 28.4. The molecule has 128 valence electrons. The predicted molar refractivity (Wildman–Crippen MR) is 95.9 cm³/mol. The number of piperidine rings is 1. The topological polar surface area (TPSA) is 49.6 Å². The van der Waals surface area contributed by atoms with Crippen molar-refractivity contribution in [3.8, 4) is 0 Å². The van der Waals surface area contributed by atoms with Crippen LogP contribution in [-0.4, -0.2) is 54.0 Å². The van der Waals surface area contributed by atoms with Gasteiger partial charge in [0.1, 0.15) is 0 Å². The number of hydrogen-bond donors (Lipinski definition) is 1. The first-order chi connectivity index (χ1) is 10.6. The number of benzene rings is 1. The lowest BCUT2D eigenvalue weighted by molar-refractivity contribution is -0.135. The van der Waals surface area contributed by atoms with E-state index in [9.17, 15) is 4.79 Å². The predicted octanol–water partition coefficient (Wildman–Crippen LogP) is 2.24. The Morgan fingerprint density at radius 3 is 2.65 bits per heavy atom. The van der Waals surface area contributed by atoms with Gasteiger partial charge in [0.2, 0.25) is 5.91 Å². The fraction of sp³-hybridized carbons (Fsp3) is 0.611. The highest BCUT2D eigenvalue weighted by molar-refractivity contribution is 5.85. The third kappa shape index (κ3) is 4.25. The third-order valence-corrected chi connectivity index (χ3v) is 5.15. The molecule has 5 heteroatoms. The molecule has 1 amide bonds. The third-order valence-electron chi connectivity index (χ3n) is 5.15. The Labute approximate surface area is 145 Å². The molecule has 0 aliphatic carbocycles. The summed E-state index contributed by atoms with van der Waals surface area (Å²) in [7, 11) is 0. The number of likely N-dealkylation sites (tertiary alicyclic amines) is 2. The van der Waals surface area contributed by atoms with Gasteiger partial charge < -0.3 is 10.6 Å². The molecule has 0 spiro atoms. The molecule has 2 aliphatic rings. The second-order valence-electron chi connectivity index (χ2n) is 6.81. The first-order valence-electron chi connectivity index (χ1n) is 8.47. The first-order valence-corrected chi connectivity index (χ1v) is 8.47. The second kappa shape index (κ2) is 8.13. The summed E-state index contributed by atoms with van der Waals surface area (Å²) in [5.74, 6) is 0.612. The highest BCUT2D eigenvalue weighted by Crippen LogP contribution is 2.26. The van der Waals surface area contributed by atoms with Crippen LogP contribution in [-0.2, 0) is 4.79 Å². The maximum atomic E-state index is 12.6. The van der Waals surface area contributed by atoms with Gasteiger partial charge in [0.15, 0.2) is 0 Å². The molecule has 2 aliphatic heterocycles. The van der Waals surface area contributed by atoms with Crippen LogP contribution in [0.2, 0.25) is 0 Å². The van der Waals surface area contributed by atoms with Crippen molar-refractivity contribution >= 4 is 18.3 Å². The molecule has 2 saturated heterocycles. The van der Waals surface area contributed by atoms with Gasteiger partial charge in [0.05, 0.1) is 6.54 Å². The summed E-state index contributed by atoms with van der Waals surface area (Å²) in [6, 6.07) is 10.9. The van der Waals surface area contributed by atoms with Crippen molar-refractivity contribution < 1.29 is 4.79 Å². The van der Waals surface area contributed by atoms with Crippen molar-refractivity contribution in [2.24, 2.45) is 5.73 Å². The molecule has 0 saturated carbocycles. The average Bonchev–Trinajstić information content (AvgIpc) is 2.89. The lowest BCUT2D eigenvalue weighted by atomic mass is 9.95. The van der Waals surface area contributed by atoms with E-state index in [4.69, 9.17) is 5.73 Å². The van der Waals surface area contributed by atoms with Crippen LogP contribution in [0.1, 0.15) is 37.7 Å². The van der Waals surface area contributed by atoms with Crippen LogP contribution < -0.4 is 5.73 Å². The van der Waals surface area contributed by atoms with Crippen LogP contribution in [0.4, 0.5) is 0 Å². The summed E-state index contributed by atoms with van der Waals surface area (Å²) < 4.78 is 0. The van der Waals surface area contributed by atoms with Gasteiger partial charge in [-0.2, -0.15) is 0 Å². The SMILES string of the molecule is CC1CCCCN1C(=O)CN1C[C@@H](N)[C@H](c2ccccc2)C1.Cl. The summed E-state index contributed by atoms with van der Waals surface area (Å²) in [6.45, 7) is 5.30. The van der Waals surface area contributed by atoms with Crippen molar-refractivity contribution in [1.82, 2.24) is 9.80 Å². The van der Waals surface area contributed by atoms with Crippen molar-refractivity contribution in [2.45, 2.75) is 44.2 Å². The summed E-state index contributed by atoms with van der Waals surface area (Å²) in [4.78, 5) is 16.8. The molecule has 23 heavy (non-hydrogen) atoms. The van der Waals surface area contributed by atoms with Gasteiger partial charge in [-0.15, -0.1) is 12.4 Å². The molecule has 3 atom stereocenters. The molecule has 1 unspecified atom stereocenters. The number of carbonyl (C=O) groups excluding carboxylic acids is 1. The fourth-order valence-corrected chi connectivity index (χ4v) is 3.85. The van der Waals surface area contributed by atoms with E-state index >= 15 is 0 Å². The monoisotopic (exact) mass is 337 g/mol. The molecule has 0 aromatic heterocycles. The van der Waals surface area contributed by atoms with Gasteiger partial charge in [0, 0.05) is 37.6 Å². The van der Waals surface area contributed by atoms with Crippen molar-refractivity contribution in [2.75, 3.05) is 26.2 Å². The molecule has 0 radical (unpaired) electrons. The van der Waals surface area contributed by atoms with E-state index < -0.39 is 0 Å². The maximum absolute atomic E-state index is 12.6. The van der Waals surface area contributed by atoms with Crippen LogP contribution in [0.15, 0.2) is 30.3 Å². The number of rotatable bonds is 3. The summed E-state index contributed by atoms with van der Waals surface area (Å²) in [5, 5.41) is 0. The molecular weight excluding hydrogens is 310 g/mol. The van der Waals surface area contributed by atoms with Crippen molar-refractivity contribution in [3.05, 3.63) is 35.9 Å². The van der Waals surface area contributed by atoms with E-state index in [-0.39, 0.29) is 24.4 Å². The van der Waals surface area contributed by atoms with Gasteiger partial charge in [0.25, 0.3) is 0 Å².